The standard InChI is InChI=1S/C6H8ClN3S2/c1-11-5-3(7)4(8)9-6(10-5)12-2/h1-2H3,(H2,8,9,10). The predicted octanol–water partition coefficient (Wildman–Crippen LogP) is 2.16. The molecule has 1 heterocycles. The molecular weight excluding hydrogens is 214 g/mol. The summed E-state index contributed by atoms with van der Waals surface area (Å²) in [4.78, 5) is 8.16. The van der Waals surface area contributed by atoms with Crippen molar-refractivity contribution in [3.8, 4) is 0 Å². The lowest BCUT2D eigenvalue weighted by atomic mass is 10.6. The Hall–Kier alpha value is -0.130. The number of hydrogen-bond acceptors (Lipinski definition) is 5. The van der Waals surface area contributed by atoms with Gasteiger partial charge in [0.2, 0.25) is 0 Å². The van der Waals surface area contributed by atoms with Crippen molar-refractivity contribution in [3.63, 3.8) is 0 Å². The van der Waals surface area contributed by atoms with E-state index in [2.05, 4.69) is 9.97 Å². The van der Waals surface area contributed by atoms with Crippen LogP contribution < -0.4 is 5.73 Å². The Morgan fingerprint density at radius 2 is 1.92 bits per heavy atom. The first-order chi connectivity index (χ1) is 5.69. The molecule has 0 aliphatic carbocycles. The topological polar surface area (TPSA) is 51.8 Å². The number of nitrogens with zero attached hydrogens (tertiary/aromatic N) is 2. The van der Waals surface area contributed by atoms with Crippen molar-refractivity contribution in [3.05, 3.63) is 5.02 Å². The Morgan fingerprint density at radius 3 is 2.42 bits per heavy atom. The molecule has 12 heavy (non-hydrogen) atoms. The molecule has 0 amide bonds. The molecule has 0 fully saturated rings. The average molecular weight is 222 g/mol. The molecule has 2 N–H and O–H groups in total. The lowest BCUT2D eigenvalue weighted by Gasteiger charge is -2.03. The van der Waals surface area contributed by atoms with Gasteiger partial charge in [-0.05, 0) is 12.5 Å². The van der Waals surface area contributed by atoms with E-state index in [0.29, 0.717) is 16.0 Å². The van der Waals surface area contributed by atoms with Crippen molar-refractivity contribution in [2.75, 3.05) is 18.2 Å². The molecule has 0 spiro atoms. The molecule has 1 aromatic heterocycles. The number of hydrogen-bond donors (Lipinski definition) is 1. The zero-order chi connectivity index (χ0) is 9.14. The van der Waals surface area contributed by atoms with Crippen molar-refractivity contribution in [1.29, 1.82) is 0 Å². The van der Waals surface area contributed by atoms with Crippen LogP contribution in [0.25, 0.3) is 0 Å². The number of halogens is 1. The minimum Gasteiger partial charge on any atom is -0.382 e. The van der Waals surface area contributed by atoms with E-state index in [0.717, 1.165) is 5.03 Å². The maximum absolute atomic E-state index is 5.84. The summed E-state index contributed by atoms with van der Waals surface area (Å²) in [7, 11) is 0. The summed E-state index contributed by atoms with van der Waals surface area (Å²) < 4.78 is 0. The molecule has 0 atom stereocenters. The van der Waals surface area contributed by atoms with Crippen LogP contribution in [0.15, 0.2) is 10.2 Å². The molecule has 1 aromatic rings. The van der Waals surface area contributed by atoms with E-state index < -0.39 is 0 Å². The molecule has 3 nitrogen and oxygen atoms in total. The van der Waals surface area contributed by atoms with Gasteiger partial charge in [0.1, 0.15) is 15.9 Å². The number of aromatic nitrogens is 2. The van der Waals surface area contributed by atoms with Gasteiger partial charge >= 0.3 is 0 Å². The molecule has 66 valence electrons. The first-order valence-electron chi connectivity index (χ1n) is 3.10. The summed E-state index contributed by atoms with van der Waals surface area (Å²) in [6, 6.07) is 0. The van der Waals surface area contributed by atoms with E-state index >= 15 is 0 Å². The van der Waals surface area contributed by atoms with E-state index in [1.165, 1.54) is 23.5 Å². The van der Waals surface area contributed by atoms with Crippen molar-refractivity contribution >= 4 is 40.9 Å². The normalized spacial score (nSPS) is 10.2. The number of anilines is 1. The highest BCUT2D eigenvalue weighted by atomic mass is 35.5. The first-order valence-corrected chi connectivity index (χ1v) is 5.92. The second kappa shape index (κ2) is 4.20. The summed E-state index contributed by atoms with van der Waals surface area (Å²) >= 11 is 8.75. The number of thioether (sulfide) groups is 2. The highest BCUT2D eigenvalue weighted by Gasteiger charge is 2.08. The van der Waals surface area contributed by atoms with E-state index in [4.69, 9.17) is 17.3 Å². The summed E-state index contributed by atoms with van der Waals surface area (Å²) in [5.41, 5.74) is 5.56. The molecule has 0 aromatic carbocycles. The summed E-state index contributed by atoms with van der Waals surface area (Å²) in [6.07, 6.45) is 3.80. The van der Waals surface area contributed by atoms with Crippen molar-refractivity contribution in [1.82, 2.24) is 9.97 Å². The molecule has 0 aliphatic rings. The van der Waals surface area contributed by atoms with Crippen LogP contribution in [-0.4, -0.2) is 22.5 Å². The van der Waals surface area contributed by atoms with Crippen molar-refractivity contribution in [2.24, 2.45) is 0 Å². The van der Waals surface area contributed by atoms with Crippen LogP contribution in [0.3, 0.4) is 0 Å². The van der Waals surface area contributed by atoms with E-state index in [1.54, 1.807) is 0 Å². The lowest BCUT2D eigenvalue weighted by molar-refractivity contribution is 0.904. The first kappa shape index (κ1) is 9.95. The molecule has 0 aliphatic heterocycles. The third kappa shape index (κ3) is 1.97. The summed E-state index contributed by atoms with van der Waals surface area (Å²) in [6.45, 7) is 0. The van der Waals surface area contributed by atoms with Crippen LogP contribution in [0.1, 0.15) is 0 Å². The fraction of sp³-hybridized carbons (Fsp3) is 0.333. The third-order valence-electron chi connectivity index (χ3n) is 1.20. The Labute approximate surface area is 84.5 Å². The zero-order valence-corrected chi connectivity index (χ0v) is 9.06. The van der Waals surface area contributed by atoms with Gasteiger partial charge in [0.25, 0.3) is 0 Å². The number of rotatable bonds is 2. The van der Waals surface area contributed by atoms with E-state index in [1.807, 2.05) is 12.5 Å². The Bertz CT molecular complexity index is 292. The fourth-order valence-corrected chi connectivity index (χ4v) is 1.86. The maximum Gasteiger partial charge on any atom is 0.190 e. The Balaban J connectivity index is 3.19. The van der Waals surface area contributed by atoms with Gasteiger partial charge in [-0.25, -0.2) is 9.97 Å². The third-order valence-corrected chi connectivity index (χ3v) is 2.92. The average Bonchev–Trinajstić information content (AvgIpc) is 2.09. The van der Waals surface area contributed by atoms with Gasteiger partial charge < -0.3 is 5.73 Å². The second-order valence-electron chi connectivity index (χ2n) is 1.92. The van der Waals surface area contributed by atoms with Crippen LogP contribution in [0, 0.1) is 0 Å². The molecule has 1 rings (SSSR count). The van der Waals surface area contributed by atoms with E-state index in [9.17, 15) is 0 Å². The highest BCUT2D eigenvalue weighted by molar-refractivity contribution is 7.99. The minimum atomic E-state index is 0.348. The predicted molar refractivity (Wildman–Crippen MR) is 55.0 cm³/mol. The lowest BCUT2D eigenvalue weighted by Crippen LogP contribution is -1.97. The molecule has 0 unspecified atom stereocenters. The number of nitrogens with two attached hydrogens (primary N) is 1. The minimum absolute atomic E-state index is 0.348. The quantitative estimate of drug-likeness (QED) is 0.471. The summed E-state index contributed by atoms with van der Waals surface area (Å²) in [5.74, 6) is 0.348. The van der Waals surface area contributed by atoms with Crippen LogP contribution >= 0.6 is 35.1 Å². The monoisotopic (exact) mass is 221 g/mol. The van der Waals surface area contributed by atoms with Crippen molar-refractivity contribution in [2.45, 2.75) is 10.2 Å². The largest absolute Gasteiger partial charge is 0.382 e. The van der Waals surface area contributed by atoms with Gasteiger partial charge in [0.15, 0.2) is 5.16 Å². The Morgan fingerprint density at radius 1 is 1.25 bits per heavy atom. The van der Waals surface area contributed by atoms with E-state index in [-0.39, 0.29) is 0 Å². The van der Waals surface area contributed by atoms with Gasteiger partial charge in [-0.3, -0.25) is 0 Å². The van der Waals surface area contributed by atoms with Crippen LogP contribution in [0.5, 0.6) is 0 Å². The maximum atomic E-state index is 5.84. The zero-order valence-electron chi connectivity index (χ0n) is 6.67. The summed E-state index contributed by atoms with van der Waals surface area (Å²) in [5, 5.41) is 1.83. The second-order valence-corrected chi connectivity index (χ2v) is 3.87. The van der Waals surface area contributed by atoms with Crippen molar-refractivity contribution < 1.29 is 0 Å². The van der Waals surface area contributed by atoms with Gasteiger partial charge in [-0.2, -0.15) is 0 Å². The molecule has 0 saturated carbocycles. The molecule has 0 bridgehead atoms. The molecule has 0 radical (unpaired) electrons. The van der Waals surface area contributed by atoms with Gasteiger partial charge in [0.05, 0.1) is 0 Å². The van der Waals surface area contributed by atoms with Crippen LogP contribution in [-0.2, 0) is 0 Å². The van der Waals surface area contributed by atoms with Crippen LogP contribution in [0.4, 0.5) is 5.82 Å². The van der Waals surface area contributed by atoms with Gasteiger partial charge in [0, 0.05) is 0 Å². The number of nitrogen functional groups attached to an aromatic ring is 1. The van der Waals surface area contributed by atoms with Gasteiger partial charge in [-0.1, -0.05) is 23.4 Å². The fourth-order valence-electron chi connectivity index (χ4n) is 0.649. The Kier molecular flexibility index (Phi) is 3.49. The van der Waals surface area contributed by atoms with Gasteiger partial charge in [-0.15, -0.1) is 11.8 Å². The molecular formula is C6H8ClN3S2. The smallest absolute Gasteiger partial charge is 0.190 e. The highest BCUT2D eigenvalue weighted by Crippen LogP contribution is 2.28. The van der Waals surface area contributed by atoms with Crippen LogP contribution in [0.2, 0.25) is 5.02 Å². The molecule has 6 heteroatoms. The SMILES string of the molecule is CSc1nc(N)c(Cl)c(SC)n1. The molecule has 0 saturated heterocycles.